The minimum Gasteiger partial charge on any atom is -0.497 e. The summed E-state index contributed by atoms with van der Waals surface area (Å²) in [6.45, 7) is 0.0981. The van der Waals surface area contributed by atoms with Gasteiger partial charge < -0.3 is 4.74 Å². The van der Waals surface area contributed by atoms with Crippen LogP contribution in [0.2, 0.25) is 0 Å². The summed E-state index contributed by atoms with van der Waals surface area (Å²) in [7, 11) is 1.62. The van der Waals surface area contributed by atoms with Crippen molar-refractivity contribution in [1.29, 1.82) is 0 Å². The molecule has 0 aliphatic carbocycles. The Labute approximate surface area is 190 Å². The van der Waals surface area contributed by atoms with Crippen LogP contribution in [-0.4, -0.2) is 51.2 Å². The number of hydrogen-bond donors (Lipinski definition) is 0. The second kappa shape index (κ2) is 10.5. The zero-order valence-electron chi connectivity index (χ0n) is 17.5. The highest BCUT2D eigenvalue weighted by Crippen LogP contribution is 2.27. The zero-order valence-corrected chi connectivity index (χ0v) is 18.3. The van der Waals surface area contributed by atoms with Crippen molar-refractivity contribution in [3.05, 3.63) is 84.7 Å². The largest absolute Gasteiger partial charge is 0.497 e. The molecule has 2 aromatic carbocycles. The Morgan fingerprint density at radius 1 is 1.06 bits per heavy atom. The van der Waals surface area contributed by atoms with Gasteiger partial charge in [0, 0.05) is 29.9 Å². The van der Waals surface area contributed by atoms with Gasteiger partial charge in [-0.2, -0.15) is 0 Å². The van der Waals surface area contributed by atoms with Gasteiger partial charge in [-0.1, -0.05) is 42.1 Å². The maximum Gasteiger partial charge on any atom is 0.196 e. The zero-order chi connectivity index (χ0) is 22.2. The number of rotatable bonds is 9. The van der Waals surface area contributed by atoms with Crippen LogP contribution in [0.1, 0.15) is 5.56 Å². The van der Waals surface area contributed by atoms with Gasteiger partial charge >= 0.3 is 0 Å². The van der Waals surface area contributed by atoms with Crippen molar-refractivity contribution in [2.45, 2.75) is 5.16 Å². The topological polar surface area (TPSA) is 82.3 Å². The molecule has 0 fully saturated rings. The fourth-order valence-electron chi connectivity index (χ4n) is 3.03. The van der Waals surface area contributed by atoms with Crippen LogP contribution in [0.4, 0.5) is 0 Å². The third kappa shape index (κ3) is 5.28. The normalized spacial score (nSPS) is 11.0. The first-order valence-corrected chi connectivity index (χ1v) is 10.9. The third-order valence-corrected chi connectivity index (χ3v) is 5.54. The molecule has 0 amide bonds. The number of Topliss-reactive ketones (excluding diaryl/α,β-unsaturated/α-hetero) is 1. The summed E-state index contributed by atoms with van der Waals surface area (Å²) < 4.78 is 7.15. The van der Waals surface area contributed by atoms with Gasteiger partial charge in [0.05, 0.1) is 19.4 Å². The molecule has 0 saturated carbocycles. The number of benzene rings is 2. The van der Waals surface area contributed by atoms with Gasteiger partial charge in [-0.3, -0.25) is 19.3 Å². The van der Waals surface area contributed by atoms with E-state index in [2.05, 4.69) is 20.2 Å². The summed E-state index contributed by atoms with van der Waals surface area (Å²) in [5, 5.41) is 9.36. The minimum absolute atomic E-state index is 0.00205. The third-order valence-electron chi connectivity index (χ3n) is 4.55. The molecule has 2 heterocycles. The summed E-state index contributed by atoms with van der Waals surface area (Å²) in [4.78, 5) is 20.8. The van der Waals surface area contributed by atoms with Crippen LogP contribution in [0.5, 0.6) is 5.75 Å². The molecule has 0 N–H and O–H groups in total. The fraction of sp³-hybridized carbons (Fsp3) is 0.125. The summed E-state index contributed by atoms with van der Waals surface area (Å²) in [5.41, 5.74) is 2.71. The first kappa shape index (κ1) is 21.5. The van der Waals surface area contributed by atoms with E-state index < -0.39 is 0 Å². The molecule has 160 valence electrons. The molecule has 0 radical (unpaired) electrons. The van der Waals surface area contributed by atoms with Gasteiger partial charge in [-0.15, -0.1) is 10.2 Å². The summed E-state index contributed by atoms with van der Waals surface area (Å²) >= 11 is 1.35. The Bertz CT molecular complexity index is 1210. The first-order valence-electron chi connectivity index (χ1n) is 9.94. The maximum atomic E-state index is 12.4. The molecule has 2 aromatic heterocycles. The SMILES string of the molecule is COc1cccc(C=NCC(=O)CSc2nnc(-c3ccncc3)n2-c2ccccc2)c1. The van der Waals surface area contributed by atoms with E-state index in [9.17, 15) is 4.79 Å². The van der Waals surface area contributed by atoms with Gasteiger partial charge in [0.2, 0.25) is 0 Å². The molecule has 32 heavy (non-hydrogen) atoms. The van der Waals surface area contributed by atoms with E-state index in [4.69, 9.17) is 4.74 Å². The van der Waals surface area contributed by atoms with Gasteiger partial charge in [0.25, 0.3) is 0 Å². The smallest absolute Gasteiger partial charge is 0.196 e. The van der Waals surface area contributed by atoms with E-state index in [1.807, 2.05) is 71.3 Å². The molecule has 0 saturated heterocycles. The Morgan fingerprint density at radius 3 is 2.66 bits per heavy atom. The van der Waals surface area contributed by atoms with Crippen molar-refractivity contribution < 1.29 is 9.53 Å². The average molecular weight is 444 g/mol. The Balaban J connectivity index is 1.46. The lowest BCUT2D eigenvalue weighted by atomic mass is 10.2. The van der Waals surface area contributed by atoms with Crippen LogP contribution in [0.3, 0.4) is 0 Å². The van der Waals surface area contributed by atoms with Gasteiger partial charge in [-0.25, -0.2) is 0 Å². The Kier molecular flexibility index (Phi) is 7.04. The van der Waals surface area contributed by atoms with E-state index in [-0.39, 0.29) is 18.1 Å². The van der Waals surface area contributed by atoms with Crippen molar-refractivity contribution >= 4 is 23.8 Å². The highest BCUT2D eigenvalue weighted by atomic mass is 32.2. The number of para-hydroxylation sites is 1. The minimum atomic E-state index is 0.00205. The molecule has 4 aromatic rings. The van der Waals surface area contributed by atoms with E-state index in [0.717, 1.165) is 22.6 Å². The molecule has 0 atom stereocenters. The number of carbonyl (C=O) groups is 1. The average Bonchev–Trinajstić information content (AvgIpc) is 3.28. The van der Waals surface area contributed by atoms with Crippen LogP contribution in [0, 0.1) is 0 Å². The Hall–Kier alpha value is -3.78. The standard InChI is InChI=1S/C24H21N5O2S/c1-31-22-9-5-6-18(14-22)15-26-16-21(30)17-32-24-28-27-23(19-10-12-25-13-11-19)29(24)20-7-3-2-4-8-20/h2-15H,16-17H2,1H3. The van der Waals surface area contributed by atoms with Crippen LogP contribution in [-0.2, 0) is 4.79 Å². The van der Waals surface area contributed by atoms with Crippen molar-refractivity contribution in [1.82, 2.24) is 19.7 Å². The van der Waals surface area contributed by atoms with Crippen molar-refractivity contribution in [2.24, 2.45) is 4.99 Å². The highest BCUT2D eigenvalue weighted by molar-refractivity contribution is 7.99. The lowest BCUT2D eigenvalue weighted by Crippen LogP contribution is -2.07. The number of aromatic nitrogens is 4. The van der Waals surface area contributed by atoms with E-state index in [1.165, 1.54) is 11.8 Å². The summed E-state index contributed by atoms with van der Waals surface area (Å²) in [6, 6.07) is 21.1. The number of methoxy groups -OCH3 is 1. The molecule has 8 heteroatoms. The lowest BCUT2D eigenvalue weighted by Gasteiger charge is -2.09. The fourth-order valence-corrected chi connectivity index (χ4v) is 3.83. The van der Waals surface area contributed by atoms with Crippen LogP contribution in [0.15, 0.2) is 89.3 Å². The van der Waals surface area contributed by atoms with Crippen LogP contribution in [0.25, 0.3) is 17.1 Å². The van der Waals surface area contributed by atoms with E-state index in [0.29, 0.717) is 11.0 Å². The number of ketones is 1. The number of aliphatic imine (C=N–C) groups is 1. The van der Waals surface area contributed by atoms with Gasteiger partial charge in [0.15, 0.2) is 16.8 Å². The lowest BCUT2D eigenvalue weighted by molar-refractivity contribution is -0.115. The van der Waals surface area contributed by atoms with Crippen LogP contribution < -0.4 is 4.74 Å². The number of nitrogens with zero attached hydrogens (tertiary/aromatic N) is 5. The van der Waals surface area contributed by atoms with E-state index >= 15 is 0 Å². The number of ether oxygens (including phenoxy) is 1. The maximum absolute atomic E-state index is 12.4. The molecule has 0 aliphatic heterocycles. The number of pyridine rings is 1. The molecule has 7 nitrogen and oxygen atoms in total. The number of hydrogen-bond acceptors (Lipinski definition) is 7. The molecule has 0 aliphatic rings. The molecule has 0 bridgehead atoms. The van der Waals surface area contributed by atoms with Crippen molar-refractivity contribution in [3.8, 4) is 22.8 Å². The first-order chi connectivity index (χ1) is 15.7. The monoisotopic (exact) mass is 443 g/mol. The predicted octanol–water partition coefficient (Wildman–Crippen LogP) is 4.12. The molecule has 0 spiro atoms. The quantitative estimate of drug-likeness (QED) is 0.286. The number of carbonyl (C=O) groups excluding carboxylic acids is 1. The molecular formula is C24H21N5O2S. The highest BCUT2D eigenvalue weighted by Gasteiger charge is 2.17. The van der Waals surface area contributed by atoms with Gasteiger partial charge in [0.1, 0.15) is 5.75 Å². The Morgan fingerprint density at radius 2 is 1.88 bits per heavy atom. The molecule has 0 unspecified atom stereocenters. The predicted molar refractivity (Wildman–Crippen MR) is 126 cm³/mol. The van der Waals surface area contributed by atoms with Crippen LogP contribution >= 0.6 is 11.8 Å². The summed E-state index contributed by atoms with van der Waals surface area (Å²) in [5.74, 6) is 1.70. The second-order valence-corrected chi connectivity index (χ2v) is 7.73. The van der Waals surface area contributed by atoms with Crippen molar-refractivity contribution in [3.63, 3.8) is 0 Å². The second-order valence-electron chi connectivity index (χ2n) is 6.79. The molecular weight excluding hydrogens is 422 g/mol. The molecule has 4 rings (SSSR count). The van der Waals surface area contributed by atoms with E-state index in [1.54, 1.807) is 25.7 Å². The summed E-state index contributed by atoms with van der Waals surface area (Å²) in [6.07, 6.45) is 5.12. The van der Waals surface area contributed by atoms with Crippen molar-refractivity contribution in [2.75, 3.05) is 19.4 Å². The van der Waals surface area contributed by atoms with Gasteiger partial charge in [-0.05, 0) is 42.0 Å². The number of thioether (sulfide) groups is 1.